The van der Waals surface area contributed by atoms with E-state index in [-0.39, 0.29) is 11.8 Å². The van der Waals surface area contributed by atoms with Crippen molar-refractivity contribution in [2.45, 2.75) is 45.2 Å². The monoisotopic (exact) mass is 239 g/mol. The molecule has 2 heterocycles. The van der Waals surface area contributed by atoms with Crippen LogP contribution in [-0.2, 0) is 4.79 Å². The summed E-state index contributed by atoms with van der Waals surface area (Å²) in [4.78, 5) is 14.5. The van der Waals surface area contributed by atoms with E-state index >= 15 is 0 Å². The summed E-state index contributed by atoms with van der Waals surface area (Å²) in [5, 5.41) is 6.46. The van der Waals surface area contributed by atoms with E-state index in [4.69, 9.17) is 0 Å². The molecular weight excluding hydrogens is 214 g/mol. The largest absolute Gasteiger partial charge is 0.353 e. The molecule has 2 rings (SSSR count). The van der Waals surface area contributed by atoms with Gasteiger partial charge in [0.25, 0.3) is 0 Å². The smallest absolute Gasteiger partial charge is 0.224 e. The maximum absolute atomic E-state index is 12.0. The lowest BCUT2D eigenvalue weighted by atomic mass is 10.0. The number of piperidine rings is 1. The van der Waals surface area contributed by atoms with Crippen molar-refractivity contribution in [3.63, 3.8) is 0 Å². The molecule has 0 aromatic heterocycles. The molecule has 2 fully saturated rings. The summed E-state index contributed by atoms with van der Waals surface area (Å²) in [5.41, 5.74) is 0. The van der Waals surface area contributed by atoms with E-state index in [0.29, 0.717) is 12.1 Å². The fourth-order valence-electron chi connectivity index (χ4n) is 2.76. The molecule has 2 saturated heterocycles. The van der Waals surface area contributed by atoms with Crippen LogP contribution in [0.1, 0.15) is 33.1 Å². The molecule has 0 aromatic rings. The Kier molecular flexibility index (Phi) is 4.40. The zero-order valence-corrected chi connectivity index (χ0v) is 11.0. The van der Waals surface area contributed by atoms with Gasteiger partial charge in [-0.1, -0.05) is 0 Å². The molecule has 17 heavy (non-hydrogen) atoms. The maximum atomic E-state index is 12.0. The fourth-order valence-corrected chi connectivity index (χ4v) is 2.76. The third-order valence-electron chi connectivity index (χ3n) is 4.04. The second-order valence-electron chi connectivity index (χ2n) is 5.60. The summed E-state index contributed by atoms with van der Waals surface area (Å²) < 4.78 is 0. The number of hydrogen-bond donors (Lipinski definition) is 2. The van der Waals surface area contributed by atoms with Crippen molar-refractivity contribution >= 4 is 5.91 Å². The standard InChI is InChI=1S/C13H25N3O/c1-10(2)16-7-4-12(5-8-16)15-13(17)11-3-6-14-9-11/h10-12,14H,3-9H2,1-2H3,(H,15,17). The van der Waals surface area contributed by atoms with Crippen LogP contribution in [0.2, 0.25) is 0 Å². The average molecular weight is 239 g/mol. The molecule has 4 nitrogen and oxygen atoms in total. The summed E-state index contributed by atoms with van der Waals surface area (Å²) in [5.74, 6) is 0.469. The van der Waals surface area contributed by atoms with Crippen molar-refractivity contribution in [2.24, 2.45) is 5.92 Å². The van der Waals surface area contributed by atoms with Crippen LogP contribution < -0.4 is 10.6 Å². The third-order valence-corrected chi connectivity index (χ3v) is 4.04. The van der Waals surface area contributed by atoms with Crippen molar-refractivity contribution in [3.8, 4) is 0 Å². The summed E-state index contributed by atoms with van der Waals surface area (Å²) in [6, 6.07) is 1.03. The van der Waals surface area contributed by atoms with Crippen LogP contribution in [0.4, 0.5) is 0 Å². The summed E-state index contributed by atoms with van der Waals surface area (Å²) in [6.45, 7) is 8.56. The van der Waals surface area contributed by atoms with E-state index in [9.17, 15) is 4.79 Å². The van der Waals surface area contributed by atoms with Crippen LogP contribution in [0.5, 0.6) is 0 Å². The van der Waals surface area contributed by atoms with Crippen LogP contribution in [0.3, 0.4) is 0 Å². The van der Waals surface area contributed by atoms with Gasteiger partial charge in [0, 0.05) is 31.7 Å². The predicted molar refractivity (Wildman–Crippen MR) is 68.9 cm³/mol. The van der Waals surface area contributed by atoms with E-state index in [1.165, 1.54) is 0 Å². The molecule has 0 radical (unpaired) electrons. The fraction of sp³-hybridized carbons (Fsp3) is 0.923. The number of carbonyl (C=O) groups is 1. The van der Waals surface area contributed by atoms with Gasteiger partial charge >= 0.3 is 0 Å². The van der Waals surface area contributed by atoms with Gasteiger partial charge in [-0.3, -0.25) is 4.79 Å². The van der Waals surface area contributed by atoms with Gasteiger partial charge in [0.05, 0.1) is 5.92 Å². The molecule has 98 valence electrons. The lowest BCUT2D eigenvalue weighted by Gasteiger charge is -2.35. The third kappa shape index (κ3) is 3.42. The first-order valence-corrected chi connectivity index (χ1v) is 6.92. The van der Waals surface area contributed by atoms with Crippen LogP contribution >= 0.6 is 0 Å². The second kappa shape index (κ2) is 5.83. The molecule has 1 amide bonds. The number of nitrogens with one attached hydrogen (secondary N) is 2. The Bertz CT molecular complexity index is 253. The zero-order valence-electron chi connectivity index (χ0n) is 11.0. The molecule has 0 spiro atoms. The van der Waals surface area contributed by atoms with Gasteiger partial charge in [0.15, 0.2) is 0 Å². The number of likely N-dealkylation sites (tertiary alicyclic amines) is 1. The minimum Gasteiger partial charge on any atom is -0.353 e. The van der Waals surface area contributed by atoms with Gasteiger partial charge in [-0.15, -0.1) is 0 Å². The Morgan fingerprint density at radius 3 is 2.53 bits per heavy atom. The highest BCUT2D eigenvalue weighted by Crippen LogP contribution is 2.14. The van der Waals surface area contributed by atoms with E-state index < -0.39 is 0 Å². The van der Waals surface area contributed by atoms with Crippen molar-refractivity contribution in [2.75, 3.05) is 26.2 Å². The average Bonchev–Trinajstić information content (AvgIpc) is 2.83. The van der Waals surface area contributed by atoms with Gasteiger partial charge in [0.2, 0.25) is 5.91 Å². The first-order chi connectivity index (χ1) is 8.16. The zero-order chi connectivity index (χ0) is 12.3. The Morgan fingerprint density at radius 1 is 1.29 bits per heavy atom. The van der Waals surface area contributed by atoms with Gasteiger partial charge < -0.3 is 15.5 Å². The number of amides is 1. The quantitative estimate of drug-likeness (QED) is 0.757. The molecule has 4 heteroatoms. The molecule has 0 saturated carbocycles. The predicted octanol–water partition coefficient (Wildman–Crippen LogP) is 0.585. The van der Waals surface area contributed by atoms with E-state index in [2.05, 4.69) is 29.4 Å². The first-order valence-electron chi connectivity index (χ1n) is 6.92. The summed E-state index contributed by atoms with van der Waals surface area (Å²) >= 11 is 0. The Morgan fingerprint density at radius 2 is 2.00 bits per heavy atom. The van der Waals surface area contributed by atoms with Gasteiger partial charge in [0.1, 0.15) is 0 Å². The van der Waals surface area contributed by atoms with Gasteiger partial charge in [-0.05, 0) is 39.7 Å². The minimum absolute atomic E-state index is 0.207. The van der Waals surface area contributed by atoms with Crippen LogP contribution in [0, 0.1) is 5.92 Å². The van der Waals surface area contributed by atoms with Crippen LogP contribution in [0.25, 0.3) is 0 Å². The van der Waals surface area contributed by atoms with Crippen molar-refractivity contribution in [1.82, 2.24) is 15.5 Å². The molecule has 0 aromatic carbocycles. The molecule has 2 aliphatic rings. The highest BCUT2D eigenvalue weighted by atomic mass is 16.2. The lowest BCUT2D eigenvalue weighted by molar-refractivity contribution is -0.125. The number of carbonyl (C=O) groups excluding carboxylic acids is 1. The Labute approximate surface area is 104 Å². The normalized spacial score (nSPS) is 27.6. The maximum Gasteiger partial charge on any atom is 0.224 e. The first kappa shape index (κ1) is 12.8. The minimum atomic E-state index is 0.207. The molecule has 1 unspecified atom stereocenters. The Hall–Kier alpha value is -0.610. The molecule has 0 aliphatic carbocycles. The van der Waals surface area contributed by atoms with Crippen LogP contribution in [0.15, 0.2) is 0 Å². The van der Waals surface area contributed by atoms with Gasteiger partial charge in [-0.2, -0.15) is 0 Å². The summed E-state index contributed by atoms with van der Waals surface area (Å²) in [6.07, 6.45) is 3.20. The van der Waals surface area contributed by atoms with E-state index in [1.807, 2.05) is 0 Å². The second-order valence-corrected chi connectivity index (χ2v) is 5.60. The molecule has 2 N–H and O–H groups in total. The van der Waals surface area contributed by atoms with Gasteiger partial charge in [-0.25, -0.2) is 0 Å². The van der Waals surface area contributed by atoms with Crippen molar-refractivity contribution < 1.29 is 4.79 Å². The highest BCUT2D eigenvalue weighted by molar-refractivity contribution is 5.79. The Balaban J connectivity index is 1.72. The number of hydrogen-bond acceptors (Lipinski definition) is 3. The van der Waals surface area contributed by atoms with Crippen molar-refractivity contribution in [3.05, 3.63) is 0 Å². The molecule has 0 bridgehead atoms. The molecular formula is C13H25N3O. The van der Waals surface area contributed by atoms with Crippen molar-refractivity contribution in [1.29, 1.82) is 0 Å². The number of nitrogens with zero attached hydrogens (tertiary/aromatic N) is 1. The lowest BCUT2D eigenvalue weighted by Crippen LogP contribution is -2.48. The van der Waals surface area contributed by atoms with E-state index in [1.54, 1.807) is 0 Å². The highest BCUT2D eigenvalue weighted by Gasteiger charge is 2.26. The summed E-state index contributed by atoms with van der Waals surface area (Å²) in [7, 11) is 0. The topological polar surface area (TPSA) is 44.4 Å². The molecule has 2 aliphatic heterocycles. The van der Waals surface area contributed by atoms with E-state index in [0.717, 1.165) is 45.4 Å². The number of rotatable bonds is 3. The SMILES string of the molecule is CC(C)N1CCC(NC(=O)C2CCNC2)CC1. The molecule has 1 atom stereocenters. The van der Waals surface area contributed by atoms with Crippen LogP contribution in [-0.4, -0.2) is 49.1 Å².